The molecule has 0 radical (unpaired) electrons. The zero-order chi connectivity index (χ0) is 18.7. The summed E-state index contributed by atoms with van der Waals surface area (Å²) in [5.41, 5.74) is 2.10. The maximum absolute atomic E-state index is 12.7. The highest BCUT2D eigenvalue weighted by atomic mass is 79.9. The lowest BCUT2D eigenvalue weighted by atomic mass is 10.1. The minimum Gasteiger partial charge on any atom is -0.493 e. The number of halogens is 1. The molecule has 138 valence electrons. The van der Waals surface area contributed by atoms with Crippen LogP contribution in [0.3, 0.4) is 0 Å². The van der Waals surface area contributed by atoms with Gasteiger partial charge in [-0.25, -0.2) is 13.1 Å². The molecule has 0 spiro atoms. The maximum Gasteiger partial charge on any atom is 0.241 e. The fourth-order valence-corrected chi connectivity index (χ4v) is 4.84. The number of para-hydroxylation sites is 1. The summed E-state index contributed by atoms with van der Waals surface area (Å²) in [6.07, 6.45) is 2.49. The highest BCUT2D eigenvalue weighted by Gasteiger charge is 2.21. The Morgan fingerprint density at radius 2 is 1.81 bits per heavy atom. The number of H-pyrrole nitrogens is 1. The molecule has 0 unspecified atom stereocenters. The van der Waals surface area contributed by atoms with E-state index in [4.69, 9.17) is 9.47 Å². The Kier molecular flexibility index (Phi) is 5.55. The number of aromatic nitrogens is 1. The molecule has 3 aromatic rings. The summed E-state index contributed by atoms with van der Waals surface area (Å²) in [4.78, 5) is 3.29. The van der Waals surface area contributed by atoms with Crippen molar-refractivity contribution in [3.05, 3.63) is 52.6 Å². The number of aromatic amines is 1. The quantitative estimate of drug-likeness (QED) is 0.591. The van der Waals surface area contributed by atoms with Gasteiger partial charge in [0.15, 0.2) is 11.5 Å². The fraction of sp³-hybridized carbons (Fsp3) is 0.222. The summed E-state index contributed by atoms with van der Waals surface area (Å²) < 4.78 is 38.8. The molecule has 0 bridgehead atoms. The minimum atomic E-state index is -3.70. The summed E-state index contributed by atoms with van der Waals surface area (Å²) in [6, 6.07) is 10.9. The molecular weight excluding hydrogens is 420 g/mol. The van der Waals surface area contributed by atoms with Crippen LogP contribution < -0.4 is 14.2 Å². The van der Waals surface area contributed by atoms with Crippen LogP contribution in [0.15, 0.2) is 52.0 Å². The first kappa shape index (κ1) is 18.8. The number of methoxy groups -OCH3 is 2. The number of hydrogen-bond donors (Lipinski definition) is 2. The molecule has 0 aliphatic carbocycles. The van der Waals surface area contributed by atoms with Crippen molar-refractivity contribution in [1.29, 1.82) is 0 Å². The van der Waals surface area contributed by atoms with Gasteiger partial charge in [-0.1, -0.05) is 18.2 Å². The van der Waals surface area contributed by atoms with Gasteiger partial charge < -0.3 is 14.5 Å². The molecule has 0 aliphatic rings. The van der Waals surface area contributed by atoms with Crippen LogP contribution in [-0.2, 0) is 16.4 Å². The monoisotopic (exact) mass is 438 g/mol. The maximum atomic E-state index is 12.7. The van der Waals surface area contributed by atoms with Crippen LogP contribution in [0, 0.1) is 0 Å². The molecule has 0 saturated heterocycles. The van der Waals surface area contributed by atoms with Crippen LogP contribution in [0.4, 0.5) is 0 Å². The number of rotatable bonds is 7. The second-order valence-electron chi connectivity index (χ2n) is 5.64. The molecule has 2 N–H and O–H groups in total. The molecule has 0 amide bonds. The van der Waals surface area contributed by atoms with Gasteiger partial charge in [-0.05, 0) is 40.0 Å². The Morgan fingerprint density at radius 1 is 1.12 bits per heavy atom. The third-order valence-electron chi connectivity index (χ3n) is 4.09. The zero-order valence-corrected chi connectivity index (χ0v) is 16.8. The van der Waals surface area contributed by atoms with Crippen LogP contribution in [-0.4, -0.2) is 34.2 Å². The van der Waals surface area contributed by atoms with Crippen molar-refractivity contribution in [3.8, 4) is 11.5 Å². The predicted molar refractivity (Wildman–Crippen MR) is 104 cm³/mol. The van der Waals surface area contributed by atoms with Gasteiger partial charge in [0.1, 0.15) is 4.90 Å². The van der Waals surface area contributed by atoms with E-state index in [2.05, 4.69) is 25.6 Å². The largest absolute Gasteiger partial charge is 0.493 e. The van der Waals surface area contributed by atoms with Crippen molar-refractivity contribution in [3.63, 3.8) is 0 Å². The average Bonchev–Trinajstić information content (AvgIpc) is 3.04. The molecule has 1 heterocycles. The lowest BCUT2D eigenvalue weighted by Gasteiger charge is -2.13. The molecule has 3 rings (SSSR count). The molecule has 8 heteroatoms. The normalized spacial score (nSPS) is 11.7. The van der Waals surface area contributed by atoms with Crippen molar-refractivity contribution < 1.29 is 17.9 Å². The molecule has 0 fully saturated rings. The SMILES string of the molecule is COc1cc(Br)c(S(=O)(=O)NCCc2c[nH]c3ccccc23)cc1OC. The van der Waals surface area contributed by atoms with Gasteiger partial charge in [0.25, 0.3) is 0 Å². The third kappa shape index (κ3) is 3.72. The van der Waals surface area contributed by atoms with Gasteiger partial charge in [0.2, 0.25) is 10.0 Å². The van der Waals surface area contributed by atoms with Gasteiger partial charge in [0, 0.05) is 34.2 Å². The van der Waals surface area contributed by atoms with Crippen LogP contribution in [0.1, 0.15) is 5.56 Å². The van der Waals surface area contributed by atoms with Crippen LogP contribution in [0.5, 0.6) is 11.5 Å². The van der Waals surface area contributed by atoms with E-state index in [0.717, 1.165) is 16.5 Å². The van der Waals surface area contributed by atoms with E-state index in [1.807, 2.05) is 30.5 Å². The molecule has 0 saturated carbocycles. The summed E-state index contributed by atoms with van der Waals surface area (Å²) >= 11 is 3.29. The standard InChI is InChI=1S/C18H19BrN2O4S/c1-24-16-9-14(19)18(10-17(16)25-2)26(22,23)21-8-7-12-11-20-15-6-4-3-5-13(12)15/h3-6,9-11,20-21H,7-8H2,1-2H3. The van der Waals surface area contributed by atoms with Crippen LogP contribution >= 0.6 is 15.9 Å². The molecule has 6 nitrogen and oxygen atoms in total. The van der Waals surface area contributed by atoms with E-state index < -0.39 is 10.0 Å². The lowest BCUT2D eigenvalue weighted by molar-refractivity contribution is 0.353. The van der Waals surface area contributed by atoms with Crippen LogP contribution in [0.25, 0.3) is 10.9 Å². The average molecular weight is 439 g/mol. The zero-order valence-electron chi connectivity index (χ0n) is 14.4. The number of nitrogens with one attached hydrogen (secondary N) is 2. The molecular formula is C18H19BrN2O4S. The van der Waals surface area contributed by atoms with E-state index in [0.29, 0.717) is 22.4 Å². The second kappa shape index (κ2) is 7.69. The summed E-state index contributed by atoms with van der Waals surface area (Å²) in [6.45, 7) is 0.283. The van der Waals surface area contributed by atoms with Gasteiger partial charge >= 0.3 is 0 Å². The van der Waals surface area contributed by atoms with E-state index in [1.54, 1.807) is 6.07 Å². The minimum absolute atomic E-state index is 0.106. The summed E-state index contributed by atoms with van der Waals surface area (Å²) in [7, 11) is -0.735. The lowest BCUT2D eigenvalue weighted by Crippen LogP contribution is -2.26. The summed E-state index contributed by atoms with van der Waals surface area (Å²) in [5, 5.41) is 1.10. The van der Waals surface area contributed by atoms with Gasteiger partial charge in [0.05, 0.1) is 14.2 Å². The Balaban J connectivity index is 1.77. The topological polar surface area (TPSA) is 80.4 Å². The predicted octanol–water partition coefficient (Wildman–Crippen LogP) is 3.47. The number of ether oxygens (including phenoxy) is 2. The summed E-state index contributed by atoms with van der Waals surface area (Å²) in [5.74, 6) is 0.810. The third-order valence-corrected chi connectivity index (χ3v) is 6.51. The Morgan fingerprint density at radius 3 is 2.54 bits per heavy atom. The Hall–Kier alpha value is -2.03. The highest BCUT2D eigenvalue weighted by molar-refractivity contribution is 9.10. The van der Waals surface area contributed by atoms with E-state index in [9.17, 15) is 8.42 Å². The first-order valence-electron chi connectivity index (χ1n) is 7.92. The van der Waals surface area contributed by atoms with Crippen molar-refractivity contribution in [2.24, 2.45) is 0 Å². The van der Waals surface area contributed by atoms with Crippen molar-refractivity contribution in [1.82, 2.24) is 9.71 Å². The number of sulfonamides is 1. The smallest absolute Gasteiger partial charge is 0.241 e. The molecule has 0 aliphatic heterocycles. The number of benzene rings is 2. The van der Waals surface area contributed by atoms with Crippen LogP contribution in [0.2, 0.25) is 0 Å². The first-order valence-corrected chi connectivity index (χ1v) is 10.2. The van der Waals surface area contributed by atoms with Gasteiger partial charge in [-0.15, -0.1) is 0 Å². The van der Waals surface area contributed by atoms with Gasteiger partial charge in [-0.2, -0.15) is 0 Å². The van der Waals surface area contributed by atoms with E-state index >= 15 is 0 Å². The molecule has 0 atom stereocenters. The van der Waals surface area contributed by atoms with Crippen molar-refractivity contribution in [2.75, 3.05) is 20.8 Å². The fourth-order valence-electron chi connectivity index (χ4n) is 2.78. The van der Waals surface area contributed by atoms with Crippen molar-refractivity contribution in [2.45, 2.75) is 11.3 Å². The first-order chi connectivity index (χ1) is 12.5. The van der Waals surface area contributed by atoms with E-state index in [1.165, 1.54) is 20.3 Å². The number of hydrogen-bond acceptors (Lipinski definition) is 4. The Labute approximate surface area is 160 Å². The highest BCUT2D eigenvalue weighted by Crippen LogP contribution is 2.35. The second-order valence-corrected chi connectivity index (χ2v) is 8.23. The van der Waals surface area contributed by atoms with Crippen molar-refractivity contribution >= 4 is 36.9 Å². The van der Waals surface area contributed by atoms with Gasteiger partial charge in [-0.3, -0.25) is 0 Å². The number of fused-ring (bicyclic) bond motifs is 1. The molecule has 26 heavy (non-hydrogen) atoms. The molecule has 1 aromatic heterocycles. The molecule has 2 aromatic carbocycles. The van der Waals surface area contributed by atoms with E-state index in [-0.39, 0.29) is 11.4 Å². The Bertz CT molecular complexity index is 1030.